The van der Waals surface area contributed by atoms with E-state index in [-0.39, 0.29) is 46.2 Å². The molecule has 3 aliphatic rings. The average Bonchev–Trinajstić information content (AvgIpc) is 3.70. The summed E-state index contributed by atoms with van der Waals surface area (Å²) in [6.45, 7) is 3.25. The van der Waals surface area contributed by atoms with Gasteiger partial charge in [-0.15, -0.1) is 0 Å². The lowest BCUT2D eigenvalue weighted by atomic mass is 9.96. The molecular formula is C23H25F2N3O6S. The minimum atomic E-state index is -3.61. The molecule has 5 rings (SSSR count). The predicted octanol–water partition coefficient (Wildman–Crippen LogP) is 3.73. The van der Waals surface area contributed by atoms with Crippen molar-refractivity contribution >= 4 is 15.9 Å². The fourth-order valence-corrected chi connectivity index (χ4v) is 4.93. The third-order valence-corrected chi connectivity index (χ3v) is 8.10. The van der Waals surface area contributed by atoms with E-state index >= 15 is 0 Å². The van der Waals surface area contributed by atoms with Crippen LogP contribution in [0.15, 0.2) is 29.4 Å². The van der Waals surface area contributed by atoms with Crippen molar-refractivity contribution in [2.45, 2.75) is 43.1 Å². The summed E-state index contributed by atoms with van der Waals surface area (Å²) in [5.41, 5.74) is -0.479. The molecule has 0 spiro atoms. The molecule has 9 nitrogen and oxygen atoms in total. The van der Waals surface area contributed by atoms with Gasteiger partial charge in [-0.25, -0.2) is 17.6 Å². The van der Waals surface area contributed by atoms with Gasteiger partial charge >= 0.3 is 6.09 Å². The third-order valence-electron chi connectivity index (χ3n) is 6.99. The van der Waals surface area contributed by atoms with E-state index in [0.717, 1.165) is 50.0 Å². The van der Waals surface area contributed by atoms with Crippen molar-refractivity contribution in [1.29, 1.82) is 0 Å². The van der Waals surface area contributed by atoms with Crippen LogP contribution in [0.3, 0.4) is 0 Å². The molecule has 1 aromatic carbocycles. The summed E-state index contributed by atoms with van der Waals surface area (Å²) >= 11 is 0. The van der Waals surface area contributed by atoms with E-state index in [1.165, 1.54) is 0 Å². The van der Waals surface area contributed by atoms with Crippen molar-refractivity contribution in [3.05, 3.63) is 36.2 Å². The number of rotatable bonds is 7. The van der Waals surface area contributed by atoms with Crippen molar-refractivity contribution in [2.75, 3.05) is 26.0 Å². The van der Waals surface area contributed by atoms with E-state index < -0.39 is 27.4 Å². The number of piperidine rings is 1. The number of carbonyl (C=O) groups excluding carboxylic acids is 1. The lowest BCUT2D eigenvalue weighted by Gasteiger charge is -2.31. The number of halogens is 2. The molecule has 2 aliphatic carbocycles. The van der Waals surface area contributed by atoms with Crippen molar-refractivity contribution in [3.63, 3.8) is 0 Å². The van der Waals surface area contributed by atoms with E-state index in [2.05, 4.69) is 9.97 Å². The Kier molecular flexibility index (Phi) is 5.61. The highest BCUT2D eigenvalue weighted by atomic mass is 32.2. The van der Waals surface area contributed by atoms with Gasteiger partial charge in [0, 0.05) is 24.8 Å². The minimum Gasteiger partial charge on any atom is -0.475 e. The number of fused-ring (bicyclic) bond motifs is 1. The van der Waals surface area contributed by atoms with Crippen molar-refractivity contribution < 1.29 is 36.2 Å². The maximum Gasteiger partial charge on any atom is 0.410 e. The Morgan fingerprint density at radius 1 is 1.20 bits per heavy atom. The van der Waals surface area contributed by atoms with Gasteiger partial charge < -0.3 is 19.1 Å². The molecule has 1 saturated heterocycles. The maximum absolute atomic E-state index is 14.9. The summed E-state index contributed by atoms with van der Waals surface area (Å²) in [5, 5.41) is 0. The standard InChI is InChI=1S/C23H25F2N3O6S/c1-22(5-6-22)34-21(29)28-8-7-23(10-14(23)11-28)12-32-19-18(25)20(27-13-26-19)33-17-4-3-15(9-16(17)24)35(2,30)31/h3-4,9,13-14H,5-8,10-12H2,1-2H3. The van der Waals surface area contributed by atoms with Gasteiger partial charge in [0.2, 0.25) is 5.82 Å². The summed E-state index contributed by atoms with van der Waals surface area (Å²) in [4.78, 5) is 21.4. The topological polar surface area (TPSA) is 108 Å². The molecule has 2 saturated carbocycles. The molecule has 1 aliphatic heterocycles. The van der Waals surface area contributed by atoms with E-state index in [0.29, 0.717) is 19.5 Å². The fraction of sp³-hybridized carbons (Fsp3) is 0.522. The number of nitrogens with zero attached hydrogens (tertiary/aromatic N) is 3. The zero-order chi connectivity index (χ0) is 25.0. The number of hydrogen-bond acceptors (Lipinski definition) is 8. The molecule has 1 amide bonds. The lowest BCUT2D eigenvalue weighted by Crippen LogP contribution is -2.42. The monoisotopic (exact) mass is 509 g/mol. The maximum atomic E-state index is 14.9. The lowest BCUT2D eigenvalue weighted by molar-refractivity contribution is 0.0437. The highest BCUT2D eigenvalue weighted by Crippen LogP contribution is 2.58. The van der Waals surface area contributed by atoms with Crippen LogP contribution in [0.5, 0.6) is 17.5 Å². The molecule has 2 atom stereocenters. The molecule has 0 radical (unpaired) electrons. The van der Waals surface area contributed by atoms with Crippen LogP contribution in [-0.4, -0.2) is 60.9 Å². The molecule has 1 aromatic heterocycles. The Morgan fingerprint density at radius 3 is 2.60 bits per heavy atom. The molecule has 0 N–H and O–H groups in total. The zero-order valence-electron chi connectivity index (χ0n) is 19.3. The van der Waals surface area contributed by atoms with Crippen LogP contribution >= 0.6 is 0 Å². The van der Waals surface area contributed by atoms with Crippen LogP contribution in [0.2, 0.25) is 0 Å². The summed E-state index contributed by atoms with van der Waals surface area (Å²) in [7, 11) is -3.61. The average molecular weight is 510 g/mol. The van der Waals surface area contributed by atoms with E-state index in [1.54, 1.807) is 4.90 Å². The molecule has 2 unspecified atom stereocenters. The van der Waals surface area contributed by atoms with Crippen LogP contribution in [0.1, 0.15) is 32.6 Å². The summed E-state index contributed by atoms with van der Waals surface area (Å²) in [5.74, 6) is -3.00. The van der Waals surface area contributed by atoms with Gasteiger partial charge in [-0.2, -0.15) is 14.4 Å². The third kappa shape index (κ3) is 4.89. The molecule has 35 heavy (non-hydrogen) atoms. The first-order valence-corrected chi connectivity index (χ1v) is 13.2. The van der Waals surface area contributed by atoms with Crippen molar-refractivity contribution in [1.82, 2.24) is 14.9 Å². The van der Waals surface area contributed by atoms with Crippen LogP contribution in [-0.2, 0) is 14.6 Å². The first kappa shape index (κ1) is 23.7. The number of sulfone groups is 1. The molecule has 3 fully saturated rings. The summed E-state index contributed by atoms with van der Waals surface area (Å²) in [6.07, 6.45) is 5.04. The number of ether oxygens (including phenoxy) is 3. The summed E-state index contributed by atoms with van der Waals surface area (Å²) < 4.78 is 68.8. The van der Waals surface area contributed by atoms with Gasteiger partial charge in [0.05, 0.1) is 11.5 Å². The van der Waals surface area contributed by atoms with Crippen molar-refractivity contribution in [2.24, 2.45) is 11.3 Å². The van der Waals surface area contributed by atoms with Gasteiger partial charge in [-0.3, -0.25) is 0 Å². The molecule has 0 bridgehead atoms. The van der Waals surface area contributed by atoms with E-state index in [1.807, 2.05) is 6.92 Å². The zero-order valence-corrected chi connectivity index (χ0v) is 20.1. The number of likely N-dealkylation sites (tertiary alicyclic amines) is 1. The normalized spacial score (nSPS) is 24.3. The Hall–Kier alpha value is -3.02. The van der Waals surface area contributed by atoms with Gasteiger partial charge in [0.25, 0.3) is 11.8 Å². The molecule has 12 heteroatoms. The number of hydrogen-bond donors (Lipinski definition) is 0. The smallest absolute Gasteiger partial charge is 0.410 e. The second-order valence-corrected chi connectivity index (χ2v) is 11.8. The number of amides is 1. The van der Waals surface area contributed by atoms with Gasteiger partial charge in [-0.05, 0) is 56.7 Å². The molecular weight excluding hydrogens is 484 g/mol. The van der Waals surface area contributed by atoms with E-state index in [9.17, 15) is 22.0 Å². The SMILES string of the molecule is CC1(OC(=O)N2CCC3(COc4ncnc(Oc5ccc(S(C)(=O)=O)cc5F)c4F)CC3C2)CC1. The number of carbonyl (C=O) groups is 1. The first-order valence-electron chi connectivity index (χ1n) is 11.3. The quantitative estimate of drug-likeness (QED) is 0.556. The second-order valence-electron chi connectivity index (χ2n) is 9.83. The largest absolute Gasteiger partial charge is 0.475 e. The Balaban J connectivity index is 1.20. The first-order chi connectivity index (χ1) is 16.5. The fourth-order valence-electron chi connectivity index (χ4n) is 4.30. The number of aromatic nitrogens is 2. The molecule has 2 aromatic rings. The Labute approximate surface area is 201 Å². The van der Waals surface area contributed by atoms with E-state index in [4.69, 9.17) is 14.2 Å². The van der Waals surface area contributed by atoms with Gasteiger partial charge in [0.15, 0.2) is 21.4 Å². The van der Waals surface area contributed by atoms with Gasteiger partial charge in [0.1, 0.15) is 11.9 Å². The Morgan fingerprint density at radius 2 is 1.94 bits per heavy atom. The van der Waals surface area contributed by atoms with Crippen LogP contribution in [0.4, 0.5) is 13.6 Å². The Bertz CT molecular complexity index is 1290. The van der Waals surface area contributed by atoms with Crippen LogP contribution in [0, 0.1) is 23.0 Å². The summed E-state index contributed by atoms with van der Waals surface area (Å²) in [6, 6.07) is 3.04. The molecule has 2 heterocycles. The highest BCUT2D eigenvalue weighted by molar-refractivity contribution is 7.90. The highest BCUT2D eigenvalue weighted by Gasteiger charge is 2.58. The minimum absolute atomic E-state index is 0.160. The van der Waals surface area contributed by atoms with Crippen LogP contribution < -0.4 is 9.47 Å². The predicted molar refractivity (Wildman–Crippen MR) is 118 cm³/mol. The van der Waals surface area contributed by atoms with Crippen molar-refractivity contribution in [3.8, 4) is 17.5 Å². The van der Waals surface area contributed by atoms with Crippen LogP contribution in [0.25, 0.3) is 0 Å². The second kappa shape index (κ2) is 8.28. The molecule has 188 valence electrons. The number of benzene rings is 1. The van der Waals surface area contributed by atoms with Gasteiger partial charge in [-0.1, -0.05) is 0 Å².